The summed E-state index contributed by atoms with van der Waals surface area (Å²) < 4.78 is 14.6. The highest BCUT2D eigenvalue weighted by atomic mass is 79.9. The molecule has 2 N–H and O–H groups in total. The maximum absolute atomic E-state index is 13.7. The summed E-state index contributed by atoms with van der Waals surface area (Å²) in [4.78, 5) is 16.3. The first kappa shape index (κ1) is 17.9. The Labute approximate surface area is 160 Å². The highest BCUT2D eigenvalue weighted by Gasteiger charge is 2.12. The van der Waals surface area contributed by atoms with Crippen molar-refractivity contribution in [1.29, 1.82) is 0 Å². The Bertz CT molecular complexity index is 921. The van der Waals surface area contributed by atoms with Gasteiger partial charge in [0.15, 0.2) is 5.82 Å². The molecule has 0 spiro atoms. The molecule has 0 radical (unpaired) electrons. The number of carbonyl (C=O) groups is 1. The van der Waals surface area contributed by atoms with Gasteiger partial charge in [-0.25, -0.2) is 9.37 Å². The van der Waals surface area contributed by atoms with Crippen LogP contribution in [0.15, 0.2) is 52.1 Å². The first-order valence-corrected chi connectivity index (χ1v) is 9.23. The molecular weight excluding hydrogens is 431 g/mol. The van der Waals surface area contributed by atoms with Crippen molar-refractivity contribution in [2.45, 2.75) is 5.16 Å². The number of halogens is 3. The quantitative estimate of drug-likeness (QED) is 0.560. The SMILES string of the molecule is O=C(CSc1n[nH]c(-c2ccccc2Br)n1)Nc1ccc(Cl)cc1F. The molecule has 0 saturated carbocycles. The van der Waals surface area contributed by atoms with E-state index in [2.05, 4.69) is 36.4 Å². The van der Waals surface area contributed by atoms with Crippen LogP contribution >= 0.6 is 39.3 Å². The molecule has 128 valence electrons. The van der Waals surface area contributed by atoms with Crippen molar-refractivity contribution in [2.24, 2.45) is 0 Å². The van der Waals surface area contributed by atoms with Gasteiger partial charge in [0.1, 0.15) is 5.82 Å². The van der Waals surface area contributed by atoms with Gasteiger partial charge in [0.25, 0.3) is 0 Å². The molecule has 0 aliphatic heterocycles. The first-order valence-electron chi connectivity index (χ1n) is 7.08. The molecule has 5 nitrogen and oxygen atoms in total. The number of nitrogens with zero attached hydrogens (tertiary/aromatic N) is 2. The Morgan fingerprint density at radius 2 is 2.12 bits per heavy atom. The molecule has 0 fully saturated rings. The van der Waals surface area contributed by atoms with Gasteiger partial charge in [-0.1, -0.05) is 57.5 Å². The molecule has 3 rings (SSSR count). The molecule has 1 amide bonds. The minimum absolute atomic E-state index is 0.0509. The minimum Gasteiger partial charge on any atom is -0.323 e. The number of benzene rings is 2. The lowest BCUT2D eigenvalue weighted by Gasteiger charge is -2.05. The number of anilines is 1. The van der Waals surface area contributed by atoms with Crippen LogP contribution in [-0.2, 0) is 4.79 Å². The molecule has 25 heavy (non-hydrogen) atoms. The Morgan fingerprint density at radius 3 is 2.88 bits per heavy atom. The van der Waals surface area contributed by atoms with Crippen LogP contribution < -0.4 is 5.32 Å². The van der Waals surface area contributed by atoms with E-state index in [0.717, 1.165) is 27.9 Å². The molecule has 0 saturated heterocycles. The van der Waals surface area contributed by atoms with E-state index in [1.807, 2.05) is 24.3 Å². The van der Waals surface area contributed by atoms with Gasteiger partial charge >= 0.3 is 0 Å². The van der Waals surface area contributed by atoms with Crippen LogP contribution in [0.1, 0.15) is 0 Å². The van der Waals surface area contributed by atoms with Crippen LogP contribution in [0.2, 0.25) is 5.02 Å². The molecule has 1 aromatic heterocycles. The van der Waals surface area contributed by atoms with Crippen molar-refractivity contribution in [1.82, 2.24) is 15.2 Å². The van der Waals surface area contributed by atoms with E-state index in [1.165, 1.54) is 12.1 Å². The van der Waals surface area contributed by atoms with Crippen molar-refractivity contribution in [2.75, 3.05) is 11.1 Å². The molecule has 0 aliphatic carbocycles. The van der Waals surface area contributed by atoms with Gasteiger partial charge in [0, 0.05) is 15.1 Å². The second-order valence-electron chi connectivity index (χ2n) is 4.91. The number of aromatic nitrogens is 3. The summed E-state index contributed by atoms with van der Waals surface area (Å²) in [6.07, 6.45) is 0. The molecule has 3 aromatic rings. The Kier molecular flexibility index (Phi) is 5.72. The van der Waals surface area contributed by atoms with Crippen molar-refractivity contribution in [3.8, 4) is 11.4 Å². The van der Waals surface area contributed by atoms with E-state index in [9.17, 15) is 9.18 Å². The van der Waals surface area contributed by atoms with Crippen LogP contribution in [0.5, 0.6) is 0 Å². The number of nitrogens with one attached hydrogen (secondary N) is 2. The number of carbonyl (C=O) groups excluding carboxylic acids is 1. The molecule has 0 unspecified atom stereocenters. The average molecular weight is 442 g/mol. The number of aromatic amines is 1. The average Bonchev–Trinajstić information content (AvgIpc) is 3.05. The molecular formula is C16H11BrClFN4OS. The van der Waals surface area contributed by atoms with Gasteiger partial charge < -0.3 is 5.32 Å². The molecule has 0 aliphatic rings. The summed E-state index contributed by atoms with van der Waals surface area (Å²) in [5.74, 6) is -0.299. The van der Waals surface area contributed by atoms with Crippen LogP contribution in [0, 0.1) is 5.82 Å². The van der Waals surface area contributed by atoms with Crippen LogP contribution in [0.3, 0.4) is 0 Å². The van der Waals surface area contributed by atoms with Crippen LogP contribution in [-0.4, -0.2) is 26.8 Å². The van der Waals surface area contributed by atoms with Gasteiger partial charge in [0.2, 0.25) is 11.1 Å². The van der Waals surface area contributed by atoms with Crippen molar-refractivity contribution in [3.05, 3.63) is 57.8 Å². The van der Waals surface area contributed by atoms with Gasteiger partial charge in [-0.05, 0) is 24.3 Å². The number of hydrogen-bond donors (Lipinski definition) is 2. The number of hydrogen-bond acceptors (Lipinski definition) is 4. The molecule has 2 aromatic carbocycles. The second-order valence-corrected chi connectivity index (χ2v) is 7.14. The monoisotopic (exact) mass is 440 g/mol. The fraction of sp³-hybridized carbons (Fsp3) is 0.0625. The predicted molar refractivity (Wildman–Crippen MR) is 100 cm³/mol. The van der Waals surface area contributed by atoms with Crippen LogP contribution in [0.4, 0.5) is 10.1 Å². The van der Waals surface area contributed by atoms with Gasteiger partial charge in [-0.2, -0.15) is 0 Å². The summed E-state index contributed by atoms with van der Waals surface area (Å²) in [5, 5.41) is 10.1. The highest BCUT2D eigenvalue weighted by molar-refractivity contribution is 9.10. The van der Waals surface area contributed by atoms with Crippen molar-refractivity contribution in [3.63, 3.8) is 0 Å². The zero-order valence-corrected chi connectivity index (χ0v) is 15.8. The lowest BCUT2D eigenvalue weighted by Crippen LogP contribution is -2.15. The predicted octanol–water partition coefficient (Wildman–Crippen LogP) is 4.76. The third-order valence-electron chi connectivity index (χ3n) is 3.13. The Balaban J connectivity index is 1.60. The highest BCUT2D eigenvalue weighted by Crippen LogP contribution is 2.26. The van der Waals surface area contributed by atoms with Gasteiger partial charge in [-0.3, -0.25) is 9.89 Å². The minimum atomic E-state index is -0.583. The zero-order valence-electron chi connectivity index (χ0n) is 12.6. The summed E-state index contributed by atoms with van der Waals surface area (Å²) in [7, 11) is 0. The molecule has 0 bridgehead atoms. The maximum atomic E-state index is 13.7. The van der Waals surface area contributed by atoms with Gasteiger partial charge in [-0.15, -0.1) is 5.10 Å². The molecule has 0 atom stereocenters. The number of rotatable bonds is 5. The number of thioether (sulfide) groups is 1. The van der Waals surface area contributed by atoms with Gasteiger partial charge in [0.05, 0.1) is 11.4 Å². The Hall–Kier alpha value is -1.90. The van der Waals surface area contributed by atoms with E-state index in [-0.39, 0.29) is 22.4 Å². The number of amides is 1. The van der Waals surface area contributed by atoms with E-state index < -0.39 is 5.82 Å². The van der Waals surface area contributed by atoms with E-state index in [1.54, 1.807) is 0 Å². The van der Waals surface area contributed by atoms with E-state index >= 15 is 0 Å². The van der Waals surface area contributed by atoms with Crippen molar-refractivity contribution < 1.29 is 9.18 Å². The topological polar surface area (TPSA) is 70.7 Å². The van der Waals surface area contributed by atoms with Crippen LogP contribution in [0.25, 0.3) is 11.4 Å². The lowest BCUT2D eigenvalue weighted by atomic mass is 10.2. The molecule has 1 heterocycles. The fourth-order valence-electron chi connectivity index (χ4n) is 1.99. The summed E-state index contributed by atoms with van der Waals surface area (Å²) in [5.41, 5.74) is 0.952. The van der Waals surface area contributed by atoms with E-state index in [0.29, 0.717) is 11.0 Å². The molecule has 9 heteroatoms. The summed E-state index contributed by atoms with van der Waals surface area (Å²) in [6, 6.07) is 11.7. The third-order valence-corrected chi connectivity index (χ3v) is 4.91. The van der Waals surface area contributed by atoms with Crippen molar-refractivity contribution >= 4 is 50.9 Å². The summed E-state index contributed by atoms with van der Waals surface area (Å²) in [6.45, 7) is 0. The zero-order chi connectivity index (χ0) is 17.8. The largest absolute Gasteiger partial charge is 0.323 e. The fourth-order valence-corrected chi connectivity index (χ4v) is 3.22. The second kappa shape index (κ2) is 7.99. The smallest absolute Gasteiger partial charge is 0.234 e. The standard InChI is InChI=1S/C16H11BrClFN4OS/c17-11-4-2-1-3-10(11)15-21-16(23-22-15)25-8-14(24)20-13-6-5-9(18)7-12(13)19/h1-7H,8H2,(H,20,24)(H,21,22,23). The number of H-pyrrole nitrogens is 1. The maximum Gasteiger partial charge on any atom is 0.234 e. The first-order chi connectivity index (χ1) is 12.0. The third kappa shape index (κ3) is 4.59. The van der Waals surface area contributed by atoms with E-state index in [4.69, 9.17) is 11.6 Å². The Morgan fingerprint density at radius 1 is 1.32 bits per heavy atom. The lowest BCUT2D eigenvalue weighted by molar-refractivity contribution is -0.113. The summed E-state index contributed by atoms with van der Waals surface area (Å²) >= 11 is 10.3. The normalized spacial score (nSPS) is 10.7.